The minimum atomic E-state index is 0.0590. The summed E-state index contributed by atoms with van der Waals surface area (Å²) < 4.78 is 0. The number of rotatable bonds is 0. The Morgan fingerprint density at radius 2 is 2.33 bits per heavy atom. The molecule has 0 saturated heterocycles. The van der Waals surface area contributed by atoms with Crippen LogP contribution in [0.2, 0.25) is 0 Å². The highest BCUT2D eigenvalue weighted by molar-refractivity contribution is 8.05. The molecule has 0 radical (unpaired) electrons. The van der Waals surface area contributed by atoms with Gasteiger partial charge in [-0.2, -0.15) is 0 Å². The second kappa shape index (κ2) is 3.19. The van der Waals surface area contributed by atoms with Crippen LogP contribution in [0.3, 0.4) is 0 Å². The largest absolute Gasteiger partial charge is 0.352 e. The van der Waals surface area contributed by atoms with Crippen LogP contribution in [0.15, 0.2) is 34.1 Å². The van der Waals surface area contributed by atoms with Crippen LogP contribution in [0.4, 0.5) is 0 Å². The zero-order chi connectivity index (χ0) is 8.39. The van der Waals surface area contributed by atoms with Crippen molar-refractivity contribution in [1.29, 1.82) is 0 Å². The molecule has 2 rings (SSSR count). The van der Waals surface area contributed by atoms with Crippen LogP contribution in [0.1, 0.15) is 6.42 Å². The molecule has 2 heterocycles. The summed E-state index contributed by atoms with van der Waals surface area (Å²) in [7, 11) is 0. The highest BCUT2D eigenvalue weighted by Crippen LogP contribution is 2.29. The van der Waals surface area contributed by atoms with E-state index in [-0.39, 0.29) is 5.91 Å². The lowest BCUT2D eigenvalue weighted by atomic mass is 10.1. The number of thioether (sulfide) groups is 1. The van der Waals surface area contributed by atoms with Gasteiger partial charge in [-0.1, -0.05) is 12.2 Å². The van der Waals surface area contributed by atoms with E-state index in [9.17, 15) is 4.79 Å². The Balaban J connectivity index is 2.38. The third-order valence-corrected chi connectivity index (χ3v) is 2.85. The zero-order valence-electron chi connectivity index (χ0n) is 6.54. The summed E-state index contributed by atoms with van der Waals surface area (Å²) in [5.74, 6) is 0.0590. The Bertz CT molecular complexity index is 302. The molecule has 0 fully saturated rings. The second-order valence-electron chi connectivity index (χ2n) is 2.65. The number of carbonyl (C=O) groups excluding carboxylic acids is 1. The average molecular weight is 179 g/mol. The SMILES string of the molecule is O=C1NCCC2=C1C=CC=CS2. The summed E-state index contributed by atoms with van der Waals surface area (Å²) in [6, 6.07) is 0. The maximum absolute atomic E-state index is 11.3. The fourth-order valence-corrected chi connectivity index (χ4v) is 2.10. The molecule has 3 heteroatoms. The molecule has 0 atom stereocenters. The van der Waals surface area contributed by atoms with Gasteiger partial charge >= 0.3 is 0 Å². The van der Waals surface area contributed by atoms with E-state index in [1.807, 2.05) is 23.6 Å². The van der Waals surface area contributed by atoms with Gasteiger partial charge in [-0.15, -0.1) is 11.8 Å². The van der Waals surface area contributed by atoms with Gasteiger partial charge < -0.3 is 5.32 Å². The van der Waals surface area contributed by atoms with E-state index >= 15 is 0 Å². The number of carbonyl (C=O) groups is 1. The van der Waals surface area contributed by atoms with Crippen molar-refractivity contribution in [3.8, 4) is 0 Å². The van der Waals surface area contributed by atoms with Gasteiger partial charge in [0.2, 0.25) is 0 Å². The zero-order valence-corrected chi connectivity index (χ0v) is 7.36. The van der Waals surface area contributed by atoms with Gasteiger partial charge in [0.05, 0.1) is 0 Å². The van der Waals surface area contributed by atoms with Crippen LogP contribution in [0.25, 0.3) is 0 Å². The summed E-state index contributed by atoms with van der Waals surface area (Å²) in [6.45, 7) is 0.770. The maximum atomic E-state index is 11.3. The van der Waals surface area contributed by atoms with Crippen molar-refractivity contribution in [2.45, 2.75) is 6.42 Å². The predicted octanol–water partition coefficient (Wildman–Crippen LogP) is 1.58. The molecule has 2 aliphatic heterocycles. The molecule has 12 heavy (non-hydrogen) atoms. The smallest absolute Gasteiger partial charge is 0.252 e. The van der Waals surface area contributed by atoms with Gasteiger partial charge in [0, 0.05) is 17.0 Å². The number of hydrogen-bond acceptors (Lipinski definition) is 2. The summed E-state index contributed by atoms with van der Waals surface area (Å²) in [5.41, 5.74) is 0.830. The molecule has 0 saturated carbocycles. The van der Waals surface area contributed by atoms with Crippen LogP contribution < -0.4 is 5.32 Å². The first kappa shape index (κ1) is 7.68. The Hall–Kier alpha value is -0.960. The molecule has 0 aromatic heterocycles. The average Bonchev–Trinajstić information content (AvgIpc) is 2.30. The first-order valence-corrected chi connectivity index (χ1v) is 4.77. The van der Waals surface area contributed by atoms with E-state index in [1.165, 1.54) is 4.91 Å². The lowest BCUT2D eigenvalue weighted by Crippen LogP contribution is -2.30. The maximum Gasteiger partial charge on any atom is 0.252 e. The molecule has 0 aliphatic carbocycles. The molecule has 2 nitrogen and oxygen atoms in total. The highest BCUT2D eigenvalue weighted by atomic mass is 32.2. The van der Waals surface area contributed by atoms with E-state index < -0.39 is 0 Å². The van der Waals surface area contributed by atoms with Gasteiger partial charge in [-0.05, 0) is 17.9 Å². The lowest BCUT2D eigenvalue weighted by Gasteiger charge is -2.15. The van der Waals surface area contributed by atoms with Gasteiger partial charge in [-0.25, -0.2) is 0 Å². The van der Waals surface area contributed by atoms with E-state index in [0.717, 1.165) is 18.5 Å². The van der Waals surface area contributed by atoms with Crippen LogP contribution >= 0.6 is 11.8 Å². The molecule has 1 N–H and O–H groups in total. The molecular formula is C9H9NOS. The Kier molecular flexibility index (Phi) is 2.04. The number of amides is 1. The summed E-state index contributed by atoms with van der Waals surface area (Å²) in [6.07, 6.45) is 6.69. The van der Waals surface area contributed by atoms with Crippen molar-refractivity contribution in [2.75, 3.05) is 6.54 Å². The molecule has 0 aromatic carbocycles. The fourth-order valence-electron chi connectivity index (χ4n) is 1.26. The van der Waals surface area contributed by atoms with Crippen molar-refractivity contribution in [1.82, 2.24) is 5.32 Å². The van der Waals surface area contributed by atoms with E-state index in [1.54, 1.807) is 11.8 Å². The van der Waals surface area contributed by atoms with Crippen LogP contribution in [-0.4, -0.2) is 12.5 Å². The summed E-state index contributed by atoms with van der Waals surface area (Å²) in [5, 5.41) is 4.83. The van der Waals surface area contributed by atoms with E-state index in [0.29, 0.717) is 0 Å². The highest BCUT2D eigenvalue weighted by Gasteiger charge is 2.17. The first-order chi connectivity index (χ1) is 5.88. The Morgan fingerprint density at radius 3 is 3.25 bits per heavy atom. The van der Waals surface area contributed by atoms with Gasteiger partial charge in [0.15, 0.2) is 0 Å². The van der Waals surface area contributed by atoms with Crippen molar-refractivity contribution in [3.63, 3.8) is 0 Å². The standard InChI is InChI=1S/C9H9NOS/c11-9-7-3-1-2-6-12-8(7)4-5-10-9/h1-3,6H,4-5H2,(H,10,11). The monoisotopic (exact) mass is 179 g/mol. The molecule has 0 bridgehead atoms. The summed E-state index contributed by atoms with van der Waals surface area (Å²) >= 11 is 1.65. The van der Waals surface area contributed by atoms with Crippen LogP contribution in [0.5, 0.6) is 0 Å². The molecule has 0 unspecified atom stereocenters. The first-order valence-electron chi connectivity index (χ1n) is 3.89. The van der Waals surface area contributed by atoms with Crippen LogP contribution in [0, 0.1) is 0 Å². The number of hydrogen-bond donors (Lipinski definition) is 1. The van der Waals surface area contributed by atoms with Crippen molar-refractivity contribution < 1.29 is 4.79 Å². The quantitative estimate of drug-likeness (QED) is 0.611. The molecule has 2 aliphatic rings. The van der Waals surface area contributed by atoms with E-state index in [2.05, 4.69) is 5.32 Å². The van der Waals surface area contributed by atoms with Crippen LogP contribution in [-0.2, 0) is 4.79 Å². The predicted molar refractivity (Wildman–Crippen MR) is 50.5 cm³/mol. The lowest BCUT2D eigenvalue weighted by molar-refractivity contribution is -0.117. The summed E-state index contributed by atoms with van der Waals surface area (Å²) in [4.78, 5) is 12.5. The molecule has 0 spiro atoms. The number of allylic oxidation sites excluding steroid dienone is 2. The molecular weight excluding hydrogens is 170 g/mol. The number of nitrogens with one attached hydrogen (secondary N) is 1. The fraction of sp³-hybridized carbons (Fsp3) is 0.222. The third-order valence-electron chi connectivity index (χ3n) is 1.85. The second-order valence-corrected chi connectivity index (χ2v) is 3.65. The Labute approximate surface area is 75.4 Å². The van der Waals surface area contributed by atoms with Crippen molar-refractivity contribution in [3.05, 3.63) is 34.1 Å². The van der Waals surface area contributed by atoms with Crippen molar-refractivity contribution >= 4 is 17.7 Å². The Morgan fingerprint density at radius 1 is 1.42 bits per heavy atom. The molecule has 62 valence electrons. The van der Waals surface area contributed by atoms with Crippen molar-refractivity contribution in [2.24, 2.45) is 0 Å². The minimum Gasteiger partial charge on any atom is -0.352 e. The van der Waals surface area contributed by atoms with Gasteiger partial charge in [0.1, 0.15) is 0 Å². The van der Waals surface area contributed by atoms with E-state index in [4.69, 9.17) is 0 Å². The minimum absolute atomic E-state index is 0.0590. The third kappa shape index (κ3) is 1.32. The topological polar surface area (TPSA) is 29.1 Å². The van der Waals surface area contributed by atoms with Gasteiger partial charge in [0.25, 0.3) is 5.91 Å². The normalized spacial score (nSPS) is 21.8. The van der Waals surface area contributed by atoms with Gasteiger partial charge in [-0.3, -0.25) is 4.79 Å². The molecule has 0 aromatic rings. The molecule has 1 amide bonds.